The molecule has 1 heteroatoms. The van der Waals surface area contributed by atoms with Crippen molar-refractivity contribution < 1.29 is 4.79 Å². The molecule has 0 heterocycles. The molecule has 2 aromatic rings. The maximum atomic E-state index is 10.2. The average Bonchev–Trinajstić information content (AvgIpc) is 2.55. The van der Waals surface area contributed by atoms with Crippen LogP contribution in [0.4, 0.5) is 0 Å². The van der Waals surface area contributed by atoms with Gasteiger partial charge in [-0.05, 0) is 30.7 Å². The van der Waals surface area contributed by atoms with Crippen LogP contribution in [0.5, 0.6) is 0 Å². The number of rotatable bonds is 2. The van der Waals surface area contributed by atoms with Gasteiger partial charge in [0, 0.05) is 24.0 Å². The fourth-order valence-corrected chi connectivity index (χ4v) is 1.62. The molecular formula is C20H22O. The largest absolute Gasteiger partial charge is 0.300 e. The maximum Gasteiger partial charge on any atom is 0.132 e. The van der Waals surface area contributed by atoms with Crippen LogP contribution in [0, 0.1) is 18.8 Å². The van der Waals surface area contributed by atoms with Crippen molar-refractivity contribution in [3.63, 3.8) is 0 Å². The molecule has 0 fully saturated rings. The van der Waals surface area contributed by atoms with Gasteiger partial charge in [0.1, 0.15) is 5.78 Å². The Morgan fingerprint density at radius 3 is 1.95 bits per heavy atom. The summed E-state index contributed by atoms with van der Waals surface area (Å²) < 4.78 is 0. The van der Waals surface area contributed by atoms with Crippen LogP contribution < -0.4 is 0 Å². The molecule has 0 saturated heterocycles. The van der Waals surface area contributed by atoms with E-state index in [1.807, 2.05) is 62.4 Å². The molecule has 0 unspecified atom stereocenters. The van der Waals surface area contributed by atoms with E-state index in [2.05, 4.69) is 24.8 Å². The second-order valence-corrected chi connectivity index (χ2v) is 4.68. The van der Waals surface area contributed by atoms with Crippen LogP contribution in [0.2, 0.25) is 0 Å². The standard InChI is InChI=1S/C15H12.C5H10O/c1-13-7-5-6-10-15(13)12-11-14-8-3-2-4-9-14;1-3-5(6)4-2/h2-10H,1H3;3-4H2,1-2H3. The Hall–Kier alpha value is -2.33. The number of carbonyl (C=O) groups excluding carboxylic acids is 1. The lowest BCUT2D eigenvalue weighted by molar-refractivity contribution is -0.118. The zero-order chi connectivity index (χ0) is 15.5. The minimum absolute atomic E-state index is 0.343. The number of hydrogen-bond acceptors (Lipinski definition) is 1. The molecule has 1 nitrogen and oxygen atoms in total. The van der Waals surface area contributed by atoms with Crippen molar-refractivity contribution in [2.75, 3.05) is 0 Å². The maximum absolute atomic E-state index is 10.2. The smallest absolute Gasteiger partial charge is 0.132 e. The van der Waals surface area contributed by atoms with Crippen molar-refractivity contribution >= 4 is 5.78 Å². The van der Waals surface area contributed by atoms with Crippen LogP contribution in [0.15, 0.2) is 54.6 Å². The second-order valence-electron chi connectivity index (χ2n) is 4.68. The second kappa shape index (κ2) is 9.55. The van der Waals surface area contributed by atoms with Crippen LogP contribution in [0.25, 0.3) is 0 Å². The molecule has 0 aliphatic heterocycles. The molecule has 0 aliphatic rings. The summed E-state index contributed by atoms with van der Waals surface area (Å²) in [5.41, 5.74) is 3.38. The molecule has 0 radical (unpaired) electrons. The lowest BCUT2D eigenvalue weighted by Crippen LogP contribution is -1.88. The van der Waals surface area contributed by atoms with Crippen LogP contribution in [-0.4, -0.2) is 5.78 Å². The van der Waals surface area contributed by atoms with Crippen LogP contribution >= 0.6 is 0 Å². The lowest BCUT2D eigenvalue weighted by atomic mass is 10.1. The van der Waals surface area contributed by atoms with E-state index in [0.717, 1.165) is 11.1 Å². The Morgan fingerprint density at radius 1 is 0.857 bits per heavy atom. The third-order valence-electron chi connectivity index (χ3n) is 3.05. The van der Waals surface area contributed by atoms with Crippen molar-refractivity contribution in [2.24, 2.45) is 0 Å². The van der Waals surface area contributed by atoms with Crippen molar-refractivity contribution in [1.82, 2.24) is 0 Å². The van der Waals surface area contributed by atoms with E-state index in [-0.39, 0.29) is 0 Å². The minimum atomic E-state index is 0.343. The van der Waals surface area contributed by atoms with Crippen molar-refractivity contribution in [3.8, 4) is 11.8 Å². The summed E-state index contributed by atoms with van der Waals surface area (Å²) in [4.78, 5) is 10.2. The highest BCUT2D eigenvalue weighted by molar-refractivity contribution is 5.77. The minimum Gasteiger partial charge on any atom is -0.300 e. The normalized spacial score (nSPS) is 8.90. The summed E-state index contributed by atoms with van der Waals surface area (Å²) in [7, 11) is 0. The zero-order valence-electron chi connectivity index (χ0n) is 13.0. The SMILES string of the molecule is CCC(=O)CC.Cc1ccccc1C#Cc1ccccc1. The first-order valence-corrected chi connectivity index (χ1v) is 7.31. The van der Waals surface area contributed by atoms with Crippen LogP contribution in [-0.2, 0) is 4.79 Å². The molecule has 0 amide bonds. The van der Waals surface area contributed by atoms with Gasteiger partial charge in [-0.1, -0.05) is 62.1 Å². The van der Waals surface area contributed by atoms with Crippen LogP contribution in [0.3, 0.4) is 0 Å². The molecule has 2 aromatic carbocycles. The lowest BCUT2D eigenvalue weighted by Gasteiger charge is -1.94. The number of carbonyl (C=O) groups is 1. The third-order valence-corrected chi connectivity index (χ3v) is 3.05. The quantitative estimate of drug-likeness (QED) is 0.723. The number of hydrogen-bond donors (Lipinski definition) is 0. The van der Waals surface area contributed by atoms with E-state index in [4.69, 9.17) is 0 Å². The van der Waals surface area contributed by atoms with Gasteiger partial charge in [-0.25, -0.2) is 0 Å². The predicted molar refractivity (Wildman–Crippen MR) is 89.2 cm³/mol. The summed E-state index contributed by atoms with van der Waals surface area (Å²) in [6.45, 7) is 5.84. The van der Waals surface area contributed by atoms with Gasteiger partial charge in [-0.2, -0.15) is 0 Å². The van der Waals surface area contributed by atoms with Gasteiger partial charge in [0.25, 0.3) is 0 Å². The molecule has 0 atom stereocenters. The van der Waals surface area contributed by atoms with Gasteiger partial charge < -0.3 is 0 Å². The predicted octanol–water partition coefficient (Wildman–Crippen LogP) is 4.77. The highest BCUT2D eigenvalue weighted by atomic mass is 16.1. The van der Waals surface area contributed by atoms with E-state index < -0.39 is 0 Å². The monoisotopic (exact) mass is 278 g/mol. The first-order chi connectivity index (χ1) is 10.2. The Balaban J connectivity index is 0.000000315. The summed E-state index contributed by atoms with van der Waals surface area (Å²) in [6, 6.07) is 18.2. The van der Waals surface area contributed by atoms with Gasteiger partial charge in [0.05, 0.1) is 0 Å². The first-order valence-electron chi connectivity index (χ1n) is 7.31. The summed E-state index contributed by atoms with van der Waals surface area (Å²) in [5, 5.41) is 0. The Labute approximate surface area is 128 Å². The van der Waals surface area contributed by atoms with E-state index in [9.17, 15) is 4.79 Å². The number of aryl methyl sites for hydroxylation is 1. The van der Waals surface area contributed by atoms with Crippen molar-refractivity contribution in [1.29, 1.82) is 0 Å². The topological polar surface area (TPSA) is 17.1 Å². The Kier molecular flexibility index (Phi) is 7.61. The average molecular weight is 278 g/mol. The van der Waals surface area contributed by atoms with E-state index in [1.165, 1.54) is 5.56 Å². The van der Waals surface area contributed by atoms with Gasteiger partial charge in [0.2, 0.25) is 0 Å². The van der Waals surface area contributed by atoms with Crippen molar-refractivity contribution in [3.05, 3.63) is 71.3 Å². The molecule has 108 valence electrons. The summed E-state index contributed by atoms with van der Waals surface area (Å²) >= 11 is 0. The van der Waals surface area contributed by atoms with Gasteiger partial charge in [0.15, 0.2) is 0 Å². The van der Waals surface area contributed by atoms with E-state index >= 15 is 0 Å². The Bertz CT molecular complexity index is 609. The zero-order valence-corrected chi connectivity index (χ0v) is 13.0. The fraction of sp³-hybridized carbons (Fsp3) is 0.250. The number of benzene rings is 2. The van der Waals surface area contributed by atoms with E-state index in [0.29, 0.717) is 18.6 Å². The van der Waals surface area contributed by atoms with Gasteiger partial charge >= 0.3 is 0 Å². The van der Waals surface area contributed by atoms with Gasteiger partial charge in [-0.15, -0.1) is 0 Å². The van der Waals surface area contributed by atoms with Crippen molar-refractivity contribution in [2.45, 2.75) is 33.6 Å². The molecule has 0 spiro atoms. The molecule has 0 saturated carbocycles. The molecule has 21 heavy (non-hydrogen) atoms. The summed E-state index contributed by atoms with van der Waals surface area (Å²) in [6.07, 6.45) is 1.38. The first kappa shape index (κ1) is 16.7. The fourth-order valence-electron chi connectivity index (χ4n) is 1.62. The van der Waals surface area contributed by atoms with Crippen LogP contribution in [0.1, 0.15) is 43.4 Å². The highest BCUT2D eigenvalue weighted by Crippen LogP contribution is 2.05. The summed E-state index contributed by atoms with van der Waals surface area (Å²) in [5.74, 6) is 6.67. The molecule has 2 rings (SSSR count). The third kappa shape index (κ3) is 6.58. The molecule has 0 bridgehead atoms. The Morgan fingerprint density at radius 2 is 1.43 bits per heavy atom. The molecular weight excluding hydrogens is 256 g/mol. The molecule has 0 aromatic heterocycles. The van der Waals surface area contributed by atoms with Gasteiger partial charge in [-0.3, -0.25) is 4.79 Å². The number of Topliss-reactive ketones (excluding diaryl/α,β-unsaturated/α-hetero) is 1. The van der Waals surface area contributed by atoms with E-state index in [1.54, 1.807) is 0 Å². The highest BCUT2D eigenvalue weighted by Gasteiger charge is 1.90. The number of ketones is 1. The molecule has 0 N–H and O–H groups in total. The molecule has 0 aliphatic carbocycles.